The maximum Gasteiger partial charge on any atom is 0.255 e. The molecular formula is C23H26N4O3S2. The second-order valence-corrected chi connectivity index (χ2v) is 10.8. The van der Waals surface area contributed by atoms with Gasteiger partial charge in [-0.1, -0.05) is 24.6 Å². The summed E-state index contributed by atoms with van der Waals surface area (Å²) in [6.07, 6.45) is 6.32. The van der Waals surface area contributed by atoms with Crippen molar-refractivity contribution in [1.29, 1.82) is 0 Å². The standard InChI is InChI=1S/C23H26N4O3S2/c1-17-8-5-6-14-27(17)32(29,30)19-10-7-9-18(16-19)22(28)25-20-11-3-4-12-21(20)31-23-24-13-15-26(23)2/h3-4,7,9-13,15-17H,5-6,8,14H2,1-2H3,(H,25,28). The van der Waals surface area contributed by atoms with Crippen molar-refractivity contribution in [2.24, 2.45) is 7.05 Å². The Hall–Kier alpha value is -2.62. The van der Waals surface area contributed by atoms with E-state index in [1.54, 1.807) is 28.7 Å². The first-order chi connectivity index (χ1) is 15.4. The molecule has 1 saturated heterocycles. The molecule has 7 nitrogen and oxygen atoms in total. The molecule has 0 bridgehead atoms. The number of carbonyl (C=O) groups is 1. The van der Waals surface area contributed by atoms with Gasteiger partial charge in [-0.2, -0.15) is 4.31 Å². The molecule has 2 heterocycles. The number of benzene rings is 2. The Kier molecular flexibility index (Phi) is 6.68. The molecule has 1 atom stereocenters. The molecule has 4 rings (SSSR count). The van der Waals surface area contributed by atoms with Crippen LogP contribution < -0.4 is 5.32 Å². The zero-order valence-corrected chi connectivity index (χ0v) is 19.7. The van der Waals surface area contributed by atoms with Crippen LogP contribution in [0.25, 0.3) is 0 Å². The second-order valence-electron chi connectivity index (χ2n) is 7.86. The summed E-state index contributed by atoms with van der Waals surface area (Å²) >= 11 is 1.45. The number of aryl methyl sites for hydroxylation is 1. The molecule has 2 aromatic carbocycles. The lowest BCUT2D eigenvalue weighted by atomic mass is 10.1. The highest BCUT2D eigenvalue weighted by Gasteiger charge is 2.31. The van der Waals surface area contributed by atoms with Crippen LogP contribution in [0.3, 0.4) is 0 Å². The van der Waals surface area contributed by atoms with Crippen molar-refractivity contribution in [2.75, 3.05) is 11.9 Å². The van der Waals surface area contributed by atoms with Crippen molar-refractivity contribution in [3.05, 3.63) is 66.5 Å². The summed E-state index contributed by atoms with van der Waals surface area (Å²) in [6, 6.07) is 13.7. The van der Waals surface area contributed by atoms with Crippen LogP contribution in [0.5, 0.6) is 0 Å². The maximum atomic E-state index is 13.2. The smallest absolute Gasteiger partial charge is 0.255 e. The summed E-state index contributed by atoms with van der Waals surface area (Å²) in [5, 5.41) is 3.72. The third-order valence-corrected chi connectivity index (χ3v) is 8.72. The normalized spacial score (nSPS) is 17.2. The molecule has 1 aliphatic rings. The van der Waals surface area contributed by atoms with Crippen LogP contribution in [-0.4, -0.2) is 40.8 Å². The van der Waals surface area contributed by atoms with E-state index in [1.807, 2.05) is 49.0 Å². The van der Waals surface area contributed by atoms with Crippen LogP contribution in [0.4, 0.5) is 5.69 Å². The van der Waals surface area contributed by atoms with Crippen molar-refractivity contribution in [3.8, 4) is 0 Å². The number of aromatic nitrogens is 2. The molecule has 1 fully saturated rings. The van der Waals surface area contributed by atoms with Gasteiger partial charge in [-0.15, -0.1) is 0 Å². The van der Waals surface area contributed by atoms with E-state index in [2.05, 4.69) is 10.3 Å². The van der Waals surface area contributed by atoms with E-state index in [-0.39, 0.29) is 16.8 Å². The summed E-state index contributed by atoms with van der Waals surface area (Å²) in [5.41, 5.74) is 0.941. The van der Waals surface area contributed by atoms with Crippen LogP contribution in [-0.2, 0) is 17.1 Å². The predicted molar refractivity (Wildman–Crippen MR) is 125 cm³/mol. The molecule has 0 spiro atoms. The lowest BCUT2D eigenvalue weighted by Crippen LogP contribution is -2.41. The lowest BCUT2D eigenvalue weighted by molar-refractivity contribution is 0.102. The minimum Gasteiger partial charge on any atom is -0.329 e. The van der Waals surface area contributed by atoms with Gasteiger partial charge in [-0.05, 0) is 61.9 Å². The monoisotopic (exact) mass is 470 g/mol. The number of hydrogen-bond donors (Lipinski definition) is 1. The Bertz CT molecular complexity index is 1220. The fraction of sp³-hybridized carbons (Fsp3) is 0.304. The molecular weight excluding hydrogens is 444 g/mol. The fourth-order valence-corrected chi connectivity index (χ4v) is 6.40. The van der Waals surface area contributed by atoms with Crippen molar-refractivity contribution in [1.82, 2.24) is 13.9 Å². The van der Waals surface area contributed by atoms with Gasteiger partial charge in [-0.25, -0.2) is 13.4 Å². The van der Waals surface area contributed by atoms with Gasteiger partial charge in [0.05, 0.1) is 10.6 Å². The summed E-state index contributed by atoms with van der Waals surface area (Å²) in [5.74, 6) is -0.360. The molecule has 0 saturated carbocycles. The molecule has 9 heteroatoms. The van der Waals surface area contributed by atoms with Crippen LogP contribution in [0.15, 0.2) is 75.9 Å². The SMILES string of the molecule is CC1CCCCN1S(=O)(=O)c1cccc(C(=O)Nc2ccccc2Sc2nccn2C)c1. The first-order valence-corrected chi connectivity index (χ1v) is 12.8. The highest BCUT2D eigenvalue weighted by Crippen LogP contribution is 2.32. The van der Waals surface area contributed by atoms with Gasteiger partial charge >= 0.3 is 0 Å². The molecule has 3 aromatic rings. The Morgan fingerprint density at radius 3 is 2.72 bits per heavy atom. The molecule has 1 amide bonds. The lowest BCUT2D eigenvalue weighted by Gasteiger charge is -2.32. The third-order valence-electron chi connectivity index (χ3n) is 5.56. The van der Waals surface area contributed by atoms with Crippen LogP contribution in [0, 0.1) is 0 Å². The van der Waals surface area contributed by atoms with Gasteiger partial charge in [0, 0.05) is 42.5 Å². The van der Waals surface area contributed by atoms with Crippen molar-refractivity contribution < 1.29 is 13.2 Å². The Balaban J connectivity index is 1.56. The van der Waals surface area contributed by atoms with Gasteiger partial charge in [0.15, 0.2) is 5.16 Å². The Labute approximate surface area is 192 Å². The van der Waals surface area contributed by atoms with Crippen LogP contribution in [0.2, 0.25) is 0 Å². The van der Waals surface area contributed by atoms with Gasteiger partial charge in [0.2, 0.25) is 10.0 Å². The number of sulfonamides is 1. The number of nitrogens with one attached hydrogen (secondary N) is 1. The van der Waals surface area contributed by atoms with Crippen LogP contribution >= 0.6 is 11.8 Å². The number of amides is 1. The zero-order chi connectivity index (χ0) is 22.7. The molecule has 168 valence electrons. The van der Waals surface area contributed by atoms with Gasteiger partial charge in [0.1, 0.15) is 0 Å². The molecule has 1 N–H and O–H groups in total. The molecule has 1 unspecified atom stereocenters. The van der Waals surface area contributed by atoms with Crippen molar-refractivity contribution in [3.63, 3.8) is 0 Å². The number of anilines is 1. The van der Waals surface area contributed by atoms with Gasteiger partial charge < -0.3 is 9.88 Å². The largest absolute Gasteiger partial charge is 0.329 e. The third kappa shape index (κ3) is 4.74. The highest BCUT2D eigenvalue weighted by molar-refractivity contribution is 7.99. The molecule has 1 aliphatic heterocycles. The van der Waals surface area contributed by atoms with E-state index in [1.165, 1.54) is 17.8 Å². The number of piperidine rings is 1. The fourth-order valence-electron chi connectivity index (χ4n) is 3.76. The quantitative estimate of drug-likeness (QED) is 0.578. The number of imidazole rings is 1. The summed E-state index contributed by atoms with van der Waals surface area (Å²) < 4.78 is 29.8. The molecule has 32 heavy (non-hydrogen) atoms. The number of hydrogen-bond acceptors (Lipinski definition) is 5. The Morgan fingerprint density at radius 2 is 1.97 bits per heavy atom. The highest BCUT2D eigenvalue weighted by atomic mass is 32.2. The van der Waals surface area contributed by atoms with E-state index in [9.17, 15) is 13.2 Å². The first-order valence-electron chi connectivity index (χ1n) is 10.5. The van der Waals surface area contributed by atoms with E-state index >= 15 is 0 Å². The summed E-state index contributed by atoms with van der Waals surface area (Å²) in [7, 11) is -1.74. The van der Waals surface area contributed by atoms with Crippen molar-refractivity contribution in [2.45, 2.75) is 47.2 Å². The van der Waals surface area contributed by atoms with E-state index in [0.29, 0.717) is 17.8 Å². The van der Waals surface area contributed by atoms with Gasteiger partial charge in [0.25, 0.3) is 5.91 Å². The minimum atomic E-state index is -3.65. The summed E-state index contributed by atoms with van der Waals surface area (Å²) in [4.78, 5) is 18.3. The summed E-state index contributed by atoms with van der Waals surface area (Å²) in [6.45, 7) is 2.45. The van der Waals surface area contributed by atoms with Crippen molar-refractivity contribution >= 4 is 33.4 Å². The van der Waals surface area contributed by atoms with Crippen LogP contribution in [0.1, 0.15) is 36.5 Å². The topological polar surface area (TPSA) is 84.3 Å². The maximum absolute atomic E-state index is 13.2. The average Bonchev–Trinajstić information content (AvgIpc) is 3.19. The zero-order valence-electron chi connectivity index (χ0n) is 18.1. The predicted octanol–water partition coefficient (Wildman–Crippen LogP) is 4.39. The number of rotatable bonds is 6. The second kappa shape index (κ2) is 9.48. The Morgan fingerprint density at radius 1 is 1.16 bits per heavy atom. The van der Waals surface area contributed by atoms with Gasteiger partial charge in [-0.3, -0.25) is 4.79 Å². The van der Waals surface area contributed by atoms with E-state index < -0.39 is 10.0 Å². The number of nitrogens with zero attached hydrogens (tertiary/aromatic N) is 3. The molecule has 0 aliphatic carbocycles. The minimum absolute atomic E-state index is 0.0405. The molecule has 1 aromatic heterocycles. The first kappa shape index (κ1) is 22.6. The number of para-hydroxylation sites is 1. The van der Waals surface area contributed by atoms with E-state index in [4.69, 9.17) is 0 Å². The molecule has 0 radical (unpaired) electrons. The number of carbonyl (C=O) groups excluding carboxylic acids is 1. The average molecular weight is 471 g/mol. The van der Waals surface area contributed by atoms with E-state index in [0.717, 1.165) is 29.3 Å².